The number of amides is 1. The molecule has 0 spiro atoms. The molecule has 0 aliphatic carbocycles. The summed E-state index contributed by atoms with van der Waals surface area (Å²) < 4.78 is 5.19. The quantitative estimate of drug-likeness (QED) is 0.625. The maximum Gasteiger partial charge on any atom is 0.271 e. The number of aryl methyl sites for hydroxylation is 1. The molecule has 1 aromatic carbocycles. The van der Waals surface area contributed by atoms with Crippen molar-refractivity contribution in [2.45, 2.75) is 26.4 Å². The van der Waals surface area contributed by atoms with Crippen molar-refractivity contribution in [1.29, 1.82) is 0 Å². The molecule has 3 rings (SSSR count). The van der Waals surface area contributed by atoms with E-state index >= 15 is 0 Å². The minimum atomic E-state index is -0.202. The van der Waals surface area contributed by atoms with Crippen LogP contribution < -0.4 is 15.8 Å². The fraction of sp³-hybridized carbons (Fsp3) is 0.278. The number of hydrogen-bond donors (Lipinski definition) is 2. The molecule has 0 saturated carbocycles. The Morgan fingerprint density at radius 2 is 2.00 bits per heavy atom. The third kappa shape index (κ3) is 4.84. The first-order valence-corrected chi connectivity index (χ1v) is 9.78. The third-order valence-electron chi connectivity index (χ3n) is 3.87. The average Bonchev–Trinajstić information content (AvgIpc) is 3.28. The standard InChI is InChI=1S/C18H20N4O2S2.ClH/c1-10(20-17(23)14-9-25-15(8-19)22-14)16-11(2)21-18(26-16)12-4-6-13(24-3)7-5-12;/h4-7,9-10H,8,19H2,1-3H3,(H,20,23);1H. The Hall–Kier alpha value is -2.00. The molecule has 27 heavy (non-hydrogen) atoms. The number of nitrogens with two attached hydrogens (primary N) is 1. The molecule has 1 amide bonds. The van der Waals surface area contributed by atoms with Gasteiger partial charge in [0.15, 0.2) is 0 Å². The fourth-order valence-electron chi connectivity index (χ4n) is 2.51. The fourth-order valence-corrected chi connectivity index (χ4v) is 4.24. The summed E-state index contributed by atoms with van der Waals surface area (Å²) in [7, 11) is 1.64. The highest BCUT2D eigenvalue weighted by Crippen LogP contribution is 2.32. The monoisotopic (exact) mass is 424 g/mol. The van der Waals surface area contributed by atoms with E-state index in [9.17, 15) is 4.79 Å². The lowest BCUT2D eigenvalue weighted by molar-refractivity contribution is 0.0936. The smallest absolute Gasteiger partial charge is 0.271 e. The number of carbonyl (C=O) groups excluding carboxylic acids is 1. The van der Waals surface area contributed by atoms with Gasteiger partial charge in [-0.3, -0.25) is 4.79 Å². The van der Waals surface area contributed by atoms with Gasteiger partial charge in [0, 0.05) is 17.5 Å². The van der Waals surface area contributed by atoms with Gasteiger partial charge >= 0.3 is 0 Å². The van der Waals surface area contributed by atoms with Gasteiger partial charge in [0.05, 0.1) is 23.7 Å². The summed E-state index contributed by atoms with van der Waals surface area (Å²) in [5.41, 5.74) is 7.89. The predicted octanol–water partition coefficient (Wildman–Crippen LogP) is 3.96. The van der Waals surface area contributed by atoms with E-state index in [2.05, 4.69) is 15.3 Å². The maximum atomic E-state index is 12.4. The van der Waals surface area contributed by atoms with Crippen LogP contribution in [-0.2, 0) is 6.54 Å². The van der Waals surface area contributed by atoms with Crippen LogP contribution >= 0.6 is 35.1 Å². The van der Waals surface area contributed by atoms with Gasteiger partial charge in [-0.1, -0.05) is 0 Å². The number of aromatic nitrogens is 2. The number of benzene rings is 1. The second-order valence-electron chi connectivity index (χ2n) is 5.72. The minimum Gasteiger partial charge on any atom is -0.497 e. The molecule has 0 aliphatic heterocycles. The Kier molecular flexibility index (Phi) is 7.32. The van der Waals surface area contributed by atoms with Crippen molar-refractivity contribution in [2.24, 2.45) is 5.73 Å². The zero-order chi connectivity index (χ0) is 18.7. The Balaban J connectivity index is 0.00000261. The van der Waals surface area contributed by atoms with Crippen LogP contribution in [0.4, 0.5) is 0 Å². The number of rotatable bonds is 6. The molecule has 0 radical (unpaired) electrons. The zero-order valence-corrected chi connectivity index (χ0v) is 17.6. The van der Waals surface area contributed by atoms with Gasteiger partial charge in [0.2, 0.25) is 0 Å². The highest BCUT2D eigenvalue weighted by molar-refractivity contribution is 7.15. The van der Waals surface area contributed by atoms with Crippen LogP contribution in [-0.4, -0.2) is 23.0 Å². The van der Waals surface area contributed by atoms with Crippen molar-refractivity contribution in [3.05, 3.63) is 50.9 Å². The van der Waals surface area contributed by atoms with Crippen LogP contribution in [0.3, 0.4) is 0 Å². The van der Waals surface area contributed by atoms with E-state index in [0.29, 0.717) is 12.2 Å². The molecule has 0 saturated heterocycles. The number of halogens is 1. The zero-order valence-electron chi connectivity index (χ0n) is 15.2. The molecule has 1 atom stereocenters. The van der Waals surface area contributed by atoms with Crippen molar-refractivity contribution >= 4 is 41.0 Å². The summed E-state index contributed by atoms with van der Waals surface area (Å²) in [6, 6.07) is 7.62. The Morgan fingerprint density at radius 1 is 1.30 bits per heavy atom. The van der Waals surface area contributed by atoms with Crippen LogP contribution in [0.15, 0.2) is 29.6 Å². The Labute approximate surface area is 172 Å². The lowest BCUT2D eigenvalue weighted by Crippen LogP contribution is -2.26. The van der Waals surface area contributed by atoms with Gasteiger partial charge in [-0.2, -0.15) is 0 Å². The van der Waals surface area contributed by atoms with Crippen LogP contribution in [0.25, 0.3) is 10.6 Å². The number of thiazole rings is 2. The van der Waals surface area contributed by atoms with Gasteiger partial charge < -0.3 is 15.8 Å². The van der Waals surface area contributed by atoms with Crippen LogP contribution in [0.5, 0.6) is 5.75 Å². The van der Waals surface area contributed by atoms with E-state index in [1.54, 1.807) is 23.8 Å². The molecule has 2 heterocycles. The minimum absolute atomic E-state index is 0. The van der Waals surface area contributed by atoms with Crippen LogP contribution in [0.2, 0.25) is 0 Å². The molecule has 0 bridgehead atoms. The molecule has 0 aliphatic rings. The van der Waals surface area contributed by atoms with Crippen molar-refractivity contribution < 1.29 is 9.53 Å². The van der Waals surface area contributed by atoms with Gasteiger partial charge in [0.1, 0.15) is 21.5 Å². The maximum absolute atomic E-state index is 12.4. The Bertz CT molecular complexity index is 908. The number of ether oxygens (including phenoxy) is 1. The number of carbonyl (C=O) groups is 1. The molecule has 6 nitrogen and oxygen atoms in total. The van der Waals surface area contributed by atoms with E-state index in [4.69, 9.17) is 10.5 Å². The van der Waals surface area contributed by atoms with Crippen molar-refractivity contribution in [3.8, 4) is 16.3 Å². The molecular weight excluding hydrogens is 404 g/mol. The number of nitrogens with one attached hydrogen (secondary N) is 1. The van der Waals surface area contributed by atoms with E-state index in [0.717, 1.165) is 31.9 Å². The molecule has 2 aromatic heterocycles. The molecule has 9 heteroatoms. The summed E-state index contributed by atoms with van der Waals surface area (Å²) in [5.74, 6) is 0.607. The average molecular weight is 425 g/mol. The number of nitrogens with zero attached hydrogens (tertiary/aromatic N) is 2. The molecule has 1 unspecified atom stereocenters. The van der Waals surface area contributed by atoms with Gasteiger partial charge in [0.25, 0.3) is 5.91 Å². The van der Waals surface area contributed by atoms with E-state index in [1.807, 2.05) is 38.1 Å². The largest absolute Gasteiger partial charge is 0.497 e. The lowest BCUT2D eigenvalue weighted by atomic mass is 10.2. The first kappa shape index (κ1) is 21.3. The summed E-state index contributed by atoms with van der Waals surface area (Å²) in [6.07, 6.45) is 0. The molecular formula is C18H21ClN4O2S2. The highest BCUT2D eigenvalue weighted by atomic mass is 35.5. The van der Waals surface area contributed by atoms with Crippen molar-refractivity contribution in [2.75, 3.05) is 7.11 Å². The molecule has 3 N–H and O–H groups in total. The molecule has 144 valence electrons. The predicted molar refractivity (Wildman–Crippen MR) is 112 cm³/mol. The molecule has 3 aromatic rings. The van der Waals surface area contributed by atoms with Crippen molar-refractivity contribution in [3.63, 3.8) is 0 Å². The topological polar surface area (TPSA) is 90.1 Å². The molecule has 0 fully saturated rings. The van der Waals surface area contributed by atoms with Gasteiger partial charge in [-0.25, -0.2) is 9.97 Å². The second kappa shape index (κ2) is 9.27. The number of hydrogen-bond acceptors (Lipinski definition) is 7. The van der Waals surface area contributed by atoms with E-state index in [1.165, 1.54) is 11.3 Å². The third-order valence-corrected chi connectivity index (χ3v) is 6.13. The lowest BCUT2D eigenvalue weighted by Gasteiger charge is -2.11. The SMILES string of the molecule is COc1ccc(-c2nc(C)c(C(C)NC(=O)c3csc(CN)n3)s2)cc1.Cl. The first-order chi connectivity index (χ1) is 12.5. The van der Waals surface area contributed by atoms with Crippen LogP contribution in [0.1, 0.15) is 39.0 Å². The second-order valence-corrected chi connectivity index (χ2v) is 7.70. The number of methoxy groups -OCH3 is 1. The first-order valence-electron chi connectivity index (χ1n) is 8.09. The summed E-state index contributed by atoms with van der Waals surface area (Å²) >= 11 is 2.97. The highest BCUT2D eigenvalue weighted by Gasteiger charge is 2.19. The summed E-state index contributed by atoms with van der Waals surface area (Å²) in [4.78, 5) is 22.3. The van der Waals surface area contributed by atoms with Gasteiger partial charge in [-0.05, 0) is 38.1 Å². The van der Waals surface area contributed by atoms with Gasteiger partial charge in [-0.15, -0.1) is 35.1 Å². The Morgan fingerprint density at radius 3 is 2.59 bits per heavy atom. The van der Waals surface area contributed by atoms with E-state index in [-0.39, 0.29) is 24.4 Å². The van der Waals surface area contributed by atoms with E-state index < -0.39 is 0 Å². The van der Waals surface area contributed by atoms with Crippen molar-refractivity contribution in [1.82, 2.24) is 15.3 Å². The normalized spacial score (nSPS) is 11.6. The summed E-state index contributed by atoms with van der Waals surface area (Å²) in [6.45, 7) is 4.25. The summed E-state index contributed by atoms with van der Waals surface area (Å²) in [5, 5.41) is 6.38. The van der Waals surface area contributed by atoms with Crippen LogP contribution in [0, 0.1) is 6.92 Å².